The van der Waals surface area contributed by atoms with Crippen molar-refractivity contribution in [2.24, 2.45) is 0 Å². The lowest BCUT2D eigenvalue weighted by Crippen LogP contribution is -2.39. The van der Waals surface area contributed by atoms with E-state index in [1.54, 1.807) is 32.4 Å². The second kappa shape index (κ2) is 9.05. The largest absolute Gasteiger partial charge is 0.493 e. The van der Waals surface area contributed by atoms with E-state index in [2.05, 4.69) is 27.7 Å². The average molecular weight is 375 g/mol. The predicted molar refractivity (Wildman–Crippen MR) is 105 cm³/mol. The molecule has 1 aromatic carbocycles. The number of nitrogens with zero attached hydrogens (tertiary/aromatic N) is 1. The van der Waals surface area contributed by atoms with Gasteiger partial charge in [0.25, 0.3) is 5.91 Å². The molecule has 1 saturated heterocycles. The number of para-hydroxylation sites is 1. The number of carbonyl (C=O) groups is 1. The molecule has 1 N–H and O–H groups in total. The van der Waals surface area contributed by atoms with Crippen LogP contribution in [-0.4, -0.2) is 51.2 Å². The Hall–Kier alpha value is -2.05. The van der Waals surface area contributed by atoms with Gasteiger partial charge in [0.05, 0.1) is 19.8 Å². The molecule has 3 rings (SSSR count). The van der Waals surface area contributed by atoms with Gasteiger partial charge < -0.3 is 19.7 Å². The standard InChI is InChI=1S/C20H26N2O3S/c1-24-17-6-3-5-16(19(17)25-2)20(23)21-10-13-22-11-8-15(9-12-22)18-7-4-14-26-18/h3-7,14-15H,8-13H2,1-2H3,(H,21,23). The van der Waals surface area contributed by atoms with E-state index in [0.29, 0.717) is 29.5 Å². The topological polar surface area (TPSA) is 50.8 Å². The molecule has 1 aromatic heterocycles. The van der Waals surface area contributed by atoms with Crippen molar-refractivity contribution in [3.05, 3.63) is 46.2 Å². The smallest absolute Gasteiger partial charge is 0.255 e. The van der Waals surface area contributed by atoms with Crippen LogP contribution in [0.15, 0.2) is 35.7 Å². The highest BCUT2D eigenvalue weighted by molar-refractivity contribution is 7.10. The van der Waals surface area contributed by atoms with Gasteiger partial charge in [0.1, 0.15) is 0 Å². The molecule has 1 amide bonds. The zero-order valence-electron chi connectivity index (χ0n) is 15.4. The summed E-state index contributed by atoms with van der Waals surface area (Å²) in [5.41, 5.74) is 0.503. The minimum absolute atomic E-state index is 0.130. The third-order valence-electron chi connectivity index (χ3n) is 4.89. The molecular weight excluding hydrogens is 348 g/mol. The van der Waals surface area contributed by atoms with E-state index in [0.717, 1.165) is 19.6 Å². The number of benzene rings is 1. The maximum atomic E-state index is 12.5. The number of thiophene rings is 1. The summed E-state index contributed by atoms with van der Waals surface area (Å²) < 4.78 is 10.6. The second-order valence-electron chi connectivity index (χ2n) is 6.43. The maximum absolute atomic E-state index is 12.5. The SMILES string of the molecule is COc1cccc(C(=O)NCCN2CCC(c3cccs3)CC2)c1OC. The van der Waals surface area contributed by atoms with Crippen molar-refractivity contribution >= 4 is 17.2 Å². The molecule has 26 heavy (non-hydrogen) atoms. The monoisotopic (exact) mass is 374 g/mol. The summed E-state index contributed by atoms with van der Waals surface area (Å²) in [5.74, 6) is 1.61. The quantitative estimate of drug-likeness (QED) is 0.807. The Bertz CT molecular complexity index is 710. The Morgan fingerprint density at radius 1 is 1.19 bits per heavy atom. The minimum Gasteiger partial charge on any atom is -0.493 e. The normalized spacial score (nSPS) is 15.6. The lowest BCUT2D eigenvalue weighted by molar-refractivity contribution is 0.0942. The molecular formula is C20H26N2O3S. The number of amides is 1. The molecule has 2 heterocycles. The van der Waals surface area contributed by atoms with Crippen molar-refractivity contribution in [2.75, 3.05) is 40.4 Å². The molecule has 0 saturated carbocycles. The first-order chi connectivity index (χ1) is 12.7. The molecule has 1 aliphatic heterocycles. The summed E-state index contributed by atoms with van der Waals surface area (Å²) in [5, 5.41) is 5.15. The highest BCUT2D eigenvalue weighted by Crippen LogP contribution is 2.31. The van der Waals surface area contributed by atoms with E-state index < -0.39 is 0 Å². The van der Waals surface area contributed by atoms with E-state index in [1.165, 1.54) is 17.7 Å². The number of hydrogen-bond acceptors (Lipinski definition) is 5. The van der Waals surface area contributed by atoms with E-state index in [-0.39, 0.29) is 5.91 Å². The van der Waals surface area contributed by atoms with Crippen LogP contribution < -0.4 is 14.8 Å². The summed E-state index contributed by atoms with van der Waals surface area (Å²) in [6.07, 6.45) is 2.39. The van der Waals surface area contributed by atoms with E-state index in [1.807, 2.05) is 11.3 Å². The zero-order chi connectivity index (χ0) is 18.4. The predicted octanol–water partition coefficient (Wildman–Crippen LogP) is 3.37. The van der Waals surface area contributed by atoms with Crippen LogP contribution in [0.25, 0.3) is 0 Å². The van der Waals surface area contributed by atoms with Crippen molar-refractivity contribution in [2.45, 2.75) is 18.8 Å². The van der Waals surface area contributed by atoms with Crippen molar-refractivity contribution in [1.82, 2.24) is 10.2 Å². The van der Waals surface area contributed by atoms with Gasteiger partial charge in [-0.05, 0) is 55.4 Å². The van der Waals surface area contributed by atoms with E-state index in [9.17, 15) is 4.79 Å². The van der Waals surface area contributed by atoms with Crippen LogP contribution in [0, 0.1) is 0 Å². The molecule has 1 aliphatic rings. The third kappa shape index (κ3) is 4.37. The number of ether oxygens (including phenoxy) is 2. The van der Waals surface area contributed by atoms with Gasteiger partial charge in [0.2, 0.25) is 0 Å². The summed E-state index contributed by atoms with van der Waals surface area (Å²) in [6.45, 7) is 3.67. The van der Waals surface area contributed by atoms with Crippen molar-refractivity contribution in [3.63, 3.8) is 0 Å². The number of rotatable bonds is 7. The van der Waals surface area contributed by atoms with Gasteiger partial charge in [0.15, 0.2) is 11.5 Å². The van der Waals surface area contributed by atoms with Gasteiger partial charge in [-0.1, -0.05) is 12.1 Å². The first-order valence-electron chi connectivity index (χ1n) is 8.98. The molecule has 0 spiro atoms. The second-order valence-corrected chi connectivity index (χ2v) is 7.41. The number of carbonyl (C=O) groups excluding carboxylic acids is 1. The molecule has 0 aliphatic carbocycles. The lowest BCUT2D eigenvalue weighted by Gasteiger charge is -2.31. The van der Waals surface area contributed by atoms with Crippen molar-refractivity contribution < 1.29 is 14.3 Å². The van der Waals surface area contributed by atoms with E-state index in [4.69, 9.17) is 9.47 Å². The van der Waals surface area contributed by atoms with Crippen LogP contribution >= 0.6 is 11.3 Å². The number of methoxy groups -OCH3 is 2. The first kappa shape index (κ1) is 18.7. The molecule has 5 nitrogen and oxygen atoms in total. The summed E-state index contributed by atoms with van der Waals surface area (Å²) in [4.78, 5) is 16.4. The fourth-order valence-electron chi connectivity index (χ4n) is 3.45. The van der Waals surface area contributed by atoms with Gasteiger partial charge in [-0.15, -0.1) is 11.3 Å². The summed E-state index contributed by atoms with van der Waals surface area (Å²) >= 11 is 1.86. The van der Waals surface area contributed by atoms with E-state index >= 15 is 0 Å². The van der Waals surface area contributed by atoms with Gasteiger partial charge in [-0.25, -0.2) is 0 Å². The number of nitrogens with one attached hydrogen (secondary N) is 1. The maximum Gasteiger partial charge on any atom is 0.255 e. The molecule has 0 bridgehead atoms. The molecule has 0 radical (unpaired) electrons. The fraction of sp³-hybridized carbons (Fsp3) is 0.450. The first-order valence-corrected chi connectivity index (χ1v) is 9.86. The van der Waals surface area contributed by atoms with Crippen LogP contribution in [-0.2, 0) is 0 Å². The molecule has 0 unspecified atom stereocenters. The van der Waals surface area contributed by atoms with Gasteiger partial charge >= 0.3 is 0 Å². The van der Waals surface area contributed by atoms with Crippen LogP contribution in [0.1, 0.15) is 34.0 Å². The number of piperidine rings is 1. The average Bonchev–Trinajstić information content (AvgIpc) is 3.22. The molecule has 140 valence electrons. The van der Waals surface area contributed by atoms with Crippen LogP contribution in [0.2, 0.25) is 0 Å². The Balaban J connectivity index is 1.46. The van der Waals surface area contributed by atoms with Gasteiger partial charge in [-0.2, -0.15) is 0 Å². The highest BCUT2D eigenvalue weighted by atomic mass is 32.1. The molecule has 6 heteroatoms. The van der Waals surface area contributed by atoms with Crippen LogP contribution in [0.5, 0.6) is 11.5 Å². The fourth-order valence-corrected chi connectivity index (χ4v) is 4.35. The zero-order valence-corrected chi connectivity index (χ0v) is 16.2. The van der Waals surface area contributed by atoms with Gasteiger partial charge in [0, 0.05) is 18.0 Å². The third-order valence-corrected chi connectivity index (χ3v) is 5.93. The Kier molecular flexibility index (Phi) is 6.52. The van der Waals surface area contributed by atoms with Crippen molar-refractivity contribution in [3.8, 4) is 11.5 Å². The lowest BCUT2D eigenvalue weighted by atomic mass is 9.95. The van der Waals surface area contributed by atoms with Crippen LogP contribution in [0.3, 0.4) is 0 Å². The van der Waals surface area contributed by atoms with Crippen molar-refractivity contribution in [1.29, 1.82) is 0 Å². The molecule has 1 fully saturated rings. The Labute approximate surface area is 158 Å². The molecule has 0 atom stereocenters. The summed E-state index contributed by atoms with van der Waals surface area (Å²) in [6, 6.07) is 9.71. The van der Waals surface area contributed by atoms with Gasteiger partial charge in [-0.3, -0.25) is 4.79 Å². The van der Waals surface area contributed by atoms with Crippen LogP contribution in [0.4, 0.5) is 0 Å². The molecule has 2 aromatic rings. The summed E-state index contributed by atoms with van der Waals surface area (Å²) in [7, 11) is 3.12. The Morgan fingerprint density at radius 3 is 2.65 bits per heavy atom. The Morgan fingerprint density at radius 2 is 2.00 bits per heavy atom. The highest BCUT2D eigenvalue weighted by Gasteiger charge is 2.21. The minimum atomic E-state index is -0.130. The number of hydrogen-bond donors (Lipinski definition) is 1. The number of likely N-dealkylation sites (tertiary alicyclic amines) is 1.